The first-order valence-electron chi connectivity index (χ1n) is 8.71. The number of hydrogen-bond acceptors (Lipinski definition) is 3. The van der Waals surface area contributed by atoms with E-state index < -0.39 is 0 Å². The third kappa shape index (κ3) is 4.32. The molecule has 1 aromatic rings. The van der Waals surface area contributed by atoms with E-state index in [1.54, 1.807) is 11.3 Å². The fourth-order valence-corrected chi connectivity index (χ4v) is 4.39. The summed E-state index contributed by atoms with van der Waals surface area (Å²) in [4.78, 5) is 15.1. The molecule has 1 amide bonds. The SMILES string of the molecule is O=C(C[C@@H]1CCCOC1)N(Cc1ccsc1)C1CCCCC1. The van der Waals surface area contributed by atoms with Crippen molar-refractivity contribution in [3.8, 4) is 0 Å². The third-order valence-corrected chi connectivity index (χ3v) is 5.72. The van der Waals surface area contributed by atoms with E-state index in [1.807, 2.05) is 0 Å². The highest BCUT2D eigenvalue weighted by Crippen LogP contribution is 2.27. The van der Waals surface area contributed by atoms with E-state index in [-0.39, 0.29) is 0 Å². The zero-order chi connectivity index (χ0) is 15.2. The number of carbonyl (C=O) groups is 1. The molecular formula is C18H27NO2S. The molecule has 3 rings (SSSR count). The van der Waals surface area contributed by atoms with Crippen LogP contribution in [-0.2, 0) is 16.1 Å². The van der Waals surface area contributed by atoms with Gasteiger partial charge >= 0.3 is 0 Å². The van der Waals surface area contributed by atoms with Gasteiger partial charge in [0.25, 0.3) is 0 Å². The van der Waals surface area contributed by atoms with Gasteiger partial charge in [0.05, 0.1) is 0 Å². The average Bonchev–Trinajstić information content (AvgIpc) is 3.07. The highest BCUT2D eigenvalue weighted by atomic mass is 32.1. The molecular weight excluding hydrogens is 294 g/mol. The molecule has 0 spiro atoms. The van der Waals surface area contributed by atoms with Crippen molar-refractivity contribution in [2.45, 2.75) is 64.0 Å². The Bertz CT molecular complexity index is 448. The van der Waals surface area contributed by atoms with Gasteiger partial charge in [-0.15, -0.1) is 0 Å². The quantitative estimate of drug-likeness (QED) is 0.812. The van der Waals surface area contributed by atoms with Crippen molar-refractivity contribution < 1.29 is 9.53 Å². The van der Waals surface area contributed by atoms with Crippen LogP contribution in [0.25, 0.3) is 0 Å². The number of rotatable bonds is 5. The summed E-state index contributed by atoms with van der Waals surface area (Å²) in [5, 5.41) is 4.28. The fourth-order valence-electron chi connectivity index (χ4n) is 3.73. The van der Waals surface area contributed by atoms with Crippen LogP contribution in [0.1, 0.15) is 56.9 Å². The summed E-state index contributed by atoms with van der Waals surface area (Å²) in [6.07, 6.45) is 9.13. The van der Waals surface area contributed by atoms with Crippen LogP contribution in [0.5, 0.6) is 0 Å². The van der Waals surface area contributed by atoms with Crippen LogP contribution in [0, 0.1) is 5.92 Å². The molecule has 3 nitrogen and oxygen atoms in total. The third-order valence-electron chi connectivity index (χ3n) is 4.99. The summed E-state index contributed by atoms with van der Waals surface area (Å²) >= 11 is 1.72. The highest BCUT2D eigenvalue weighted by molar-refractivity contribution is 7.07. The lowest BCUT2D eigenvalue weighted by Crippen LogP contribution is -2.42. The van der Waals surface area contributed by atoms with Gasteiger partial charge in [-0.2, -0.15) is 11.3 Å². The summed E-state index contributed by atoms with van der Waals surface area (Å²) in [6.45, 7) is 2.43. The van der Waals surface area contributed by atoms with E-state index in [2.05, 4.69) is 21.7 Å². The Morgan fingerprint density at radius 2 is 2.09 bits per heavy atom. The van der Waals surface area contributed by atoms with Crippen molar-refractivity contribution in [2.24, 2.45) is 5.92 Å². The molecule has 0 radical (unpaired) electrons. The molecule has 4 heteroatoms. The maximum Gasteiger partial charge on any atom is 0.223 e. The van der Waals surface area contributed by atoms with Crippen molar-refractivity contribution in [1.29, 1.82) is 0 Å². The molecule has 0 aromatic carbocycles. The second kappa shape index (κ2) is 8.11. The van der Waals surface area contributed by atoms with Crippen molar-refractivity contribution in [3.05, 3.63) is 22.4 Å². The van der Waals surface area contributed by atoms with Gasteiger partial charge in [0.1, 0.15) is 0 Å². The molecule has 2 heterocycles. The number of ether oxygens (including phenoxy) is 1. The maximum absolute atomic E-state index is 12.9. The number of amides is 1. The van der Waals surface area contributed by atoms with Crippen LogP contribution >= 0.6 is 11.3 Å². The molecule has 1 saturated carbocycles. The number of nitrogens with zero attached hydrogens (tertiary/aromatic N) is 1. The Balaban J connectivity index is 1.64. The monoisotopic (exact) mass is 321 g/mol. The standard InChI is InChI=1S/C18H27NO2S/c20-18(11-15-5-4-9-21-13-15)19(12-16-8-10-22-14-16)17-6-2-1-3-7-17/h8,10,14-15,17H,1-7,9,11-13H2/t15-/m0/s1. The normalized spacial score (nSPS) is 23.4. The van der Waals surface area contributed by atoms with E-state index in [0.717, 1.165) is 32.6 Å². The maximum atomic E-state index is 12.9. The molecule has 1 aliphatic heterocycles. The zero-order valence-corrected chi connectivity index (χ0v) is 14.2. The van der Waals surface area contributed by atoms with Gasteiger partial charge in [-0.25, -0.2) is 0 Å². The smallest absolute Gasteiger partial charge is 0.223 e. The molecule has 0 unspecified atom stereocenters. The summed E-state index contributed by atoms with van der Waals surface area (Å²) < 4.78 is 5.55. The predicted octanol–water partition coefficient (Wildman–Crippen LogP) is 4.23. The lowest BCUT2D eigenvalue weighted by molar-refractivity contribution is -0.137. The van der Waals surface area contributed by atoms with E-state index >= 15 is 0 Å². The van der Waals surface area contributed by atoms with Crippen molar-refractivity contribution in [3.63, 3.8) is 0 Å². The fraction of sp³-hybridized carbons (Fsp3) is 0.722. The lowest BCUT2D eigenvalue weighted by Gasteiger charge is -2.35. The predicted molar refractivity (Wildman–Crippen MR) is 89.9 cm³/mol. The van der Waals surface area contributed by atoms with Crippen molar-refractivity contribution in [1.82, 2.24) is 4.90 Å². The topological polar surface area (TPSA) is 29.5 Å². The molecule has 122 valence electrons. The summed E-state index contributed by atoms with van der Waals surface area (Å²) in [6, 6.07) is 2.60. The van der Waals surface area contributed by atoms with Gasteiger partial charge in [-0.3, -0.25) is 4.79 Å². The van der Waals surface area contributed by atoms with Gasteiger partial charge < -0.3 is 9.64 Å². The summed E-state index contributed by atoms with van der Waals surface area (Å²) in [5.74, 6) is 0.767. The zero-order valence-electron chi connectivity index (χ0n) is 13.3. The minimum Gasteiger partial charge on any atom is -0.381 e. The van der Waals surface area contributed by atoms with Crippen LogP contribution in [0.2, 0.25) is 0 Å². The van der Waals surface area contributed by atoms with E-state index in [0.29, 0.717) is 24.3 Å². The Hall–Kier alpha value is -0.870. The first kappa shape index (κ1) is 16.0. The first-order chi connectivity index (χ1) is 10.8. The molecule has 2 fully saturated rings. The number of thiophene rings is 1. The molecule has 1 atom stereocenters. The Morgan fingerprint density at radius 3 is 2.77 bits per heavy atom. The Labute approximate surface area is 137 Å². The Kier molecular flexibility index (Phi) is 5.90. The van der Waals surface area contributed by atoms with Crippen molar-refractivity contribution >= 4 is 17.2 Å². The minimum absolute atomic E-state index is 0.341. The lowest BCUT2D eigenvalue weighted by atomic mass is 9.92. The molecule has 1 aliphatic carbocycles. The molecule has 1 aromatic heterocycles. The highest BCUT2D eigenvalue weighted by Gasteiger charge is 2.28. The van der Waals surface area contributed by atoms with E-state index in [4.69, 9.17) is 4.74 Å². The van der Waals surface area contributed by atoms with Crippen LogP contribution in [0.3, 0.4) is 0 Å². The van der Waals surface area contributed by atoms with E-state index in [9.17, 15) is 4.79 Å². The van der Waals surface area contributed by atoms with Crippen LogP contribution < -0.4 is 0 Å². The van der Waals surface area contributed by atoms with Gasteiger partial charge in [0.15, 0.2) is 0 Å². The van der Waals surface area contributed by atoms with Crippen molar-refractivity contribution in [2.75, 3.05) is 13.2 Å². The van der Waals surface area contributed by atoms with Crippen LogP contribution in [-0.4, -0.2) is 30.1 Å². The van der Waals surface area contributed by atoms with E-state index in [1.165, 1.54) is 37.7 Å². The largest absolute Gasteiger partial charge is 0.381 e. The van der Waals surface area contributed by atoms with Crippen LogP contribution in [0.15, 0.2) is 16.8 Å². The molecule has 0 N–H and O–H groups in total. The summed E-state index contributed by atoms with van der Waals surface area (Å²) in [5.41, 5.74) is 1.28. The first-order valence-corrected chi connectivity index (χ1v) is 9.65. The number of carbonyl (C=O) groups excluding carboxylic acids is 1. The Morgan fingerprint density at radius 1 is 1.23 bits per heavy atom. The van der Waals surface area contributed by atoms with Gasteiger partial charge in [0, 0.05) is 32.2 Å². The van der Waals surface area contributed by atoms with Gasteiger partial charge in [0.2, 0.25) is 5.91 Å². The minimum atomic E-state index is 0.341. The molecule has 22 heavy (non-hydrogen) atoms. The molecule has 1 saturated heterocycles. The van der Waals surface area contributed by atoms with Crippen LogP contribution in [0.4, 0.5) is 0 Å². The molecule has 2 aliphatic rings. The molecule has 0 bridgehead atoms. The second-order valence-electron chi connectivity index (χ2n) is 6.73. The second-order valence-corrected chi connectivity index (χ2v) is 7.51. The average molecular weight is 321 g/mol. The summed E-state index contributed by atoms with van der Waals surface area (Å²) in [7, 11) is 0. The van der Waals surface area contributed by atoms with Gasteiger partial charge in [-0.05, 0) is 54.0 Å². The van der Waals surface area contributed by atoms with Gasteiger partial charge in [-0.1, -0.05) is 19.3 Å². The number of hydrogen-bond donors (Lipinski definition) is 0.